The van der Waals surface area contributed by atoms with Gasteiger partial charge in [-0.1, -0.05) is 6.07 Å². The summed E-state index contributed by atoms with van der Waals surface area (Å²) in [6.07, 6.45) is 3.29. The van der Waals surface area contributed by atoms with E-state index < -0.39 is 0 Å². The summed E-state index contributed by atoms with van der Waals surface area (Å²) >= 11 is 3.15. The van der Waals surface area contributed by atoms with Crippen molar-refractivity contribution in [2.45, 2.75) is 13.2 Å². The fraction of sp³-hybridized carbons (Fsp3) is 0.154. The molecule has 2 N–H and O–H groups in total. The van der Waals surface area contributed by atoms with Crippen molar-refractivity contribution >= 4 is 21.6 Å². The number of pyridine rings is 1. The molecule has 0 aliphatic rings. The van der Waals surface area contributed by atoms with Gasteiger partial charge >= 0.3 is 0 Å². The fourth-order valence-corrected chi connectivity index (χ4v) is 1.99. The van der Waals surface area contributed by atoms with Crippen LogP contribution in [0.1, 0.15) is 11.1 Å². The molecule has 3 nitrogen and oxygen atoms in total. The van der Waals surface area contributed by atoms with Gasteiger partial charge in [-0.2, -0.15) is 0 Å². The van der Waals surface area contributed by atoms with Crippen LogP contribution in [0.15, 0.2) is 41.1 Å². The SMILES string of the molecule is OCc1ccncc1NCc1ccc(F)c(Br)c1. The van der Waals surface area contributed by atoms with Crippen molar-refractivity contribution in [1.29, 1.82) is 0 Å². The number of hydrogen-bond donors (Lipinski definition) is 2. The third-order valence-corrected chi connectivity index (χ3v) is 3.16. The quantitative estimate of drug-likeness (QED) is 0.912. The monoisotopic (exact) mass is 310 g/mol. The molecule has 5 heteroatoms. The Hall–Kier alpha value is -1.46. The first-order valence-electron chi connectivity index (χ1n) is 5.42. The van der Waals surface area contributed by atoms with Crippen molar-refractivity contribution in [2.24, 2.45) is 0 Å². The van der Waals surface area contributed by atoms with Crippen molar-refractivity contribution in [3.05, 3.63) is 58.1 Å². The number of halogens is 2. The van der Waals surface area contributed by atoms with Gasteiger partial charge in [-0.25, -0.2) is 4.39 Å². The molecule has 0 unspecified atom stereocenters. The smallest absolute Gasteiger partial charge is 0.137 e. The van der Waals surface area contributed by atoms with Crippen LogP contribution < -0.4 is 5.32 Å². The van der Waals surface area contributed by atoms with Crippen LogP contribution in [-0.2, 0) is 13.2 Å². The molecule has 94 valence electrons. The molecule has 0 saturated carbocycles. The minimum atomic E-state index is -0.281. The molecular weight excluding hydrogens is 299 g/mol. The number of nitrogens with zero attached hydrogens (tertiary/aromatic N) is 1. The van der Waals surface area contributed by atoms with Gasteiger partial charge in [0.05, 0.1) is 23.0 Å². The summed E-state index contributed by atoms with van der Waals surface area (Å²) in [5, 5.41) is 12.3. The van der Waals surface area contributed by atoms with E-state index >= 15 is 0 Å². The van der Waals surface area contributed by atoms with Gasteiger partial charge in [-0.15, -0.1) is 0 Å². The van der Waals surface area contributed by atoms with Crippen LogP contribution in [0.2, 0.25) is 0 Å². The Bertz CT molecular complexity index is 548. The third-order valence-electron chi connectivity index (χ3n) is 2.55. The molecular formula is C13H12BrFN2O. The van der Waals surface area contributed by atoms with E-state index in [4.69, 9.17) is 0 Å². The Morgan fingerprint density at radius 2 is 2.17 bits per heavy atom. The molecule has 0 aliphatic heterocycles. The Morgan fingerprint density at radius 1 is 1.33 bits per heavy atom. The van der Waals surface area contributed by atoms with Crippen LogP contribution in [-0.4, -0.2) is 10.1 Å². The highest BCUT2D eigenvalue weighted by Gasteiger charge is 2.03. The fourth-order valence-electron chi connectivity index (χ4n) is 1.57. The molecule has 0 amide bonds. The maximum Gasteiger partial charge on any atom is 0.137 e. The standard InChI is InChI=1S/C13H12BrFN2O/c14-11-5-9(1-2-12(11)15)6-17-13-7-16-4-3-10(13)8-18/h1-5,7,17-18H,6,8H2. The highest BCUT2D eigenvalue weighted by Crippen LogP contribution is 2.19. The predicted molar refractivity (Wildman–Crippen MR) is 71.6 cm³/mol. The van der Waals surface area contributed by atoms with E-state index in [0.29, 0.717) is 11.0 Å². The van der Waals surface area contributed by atoms with Gasteiger partial charge in [0, 0.05) is 18.3 Å². The zero-order valence-electron chi connectivity index (χ0n) is 9.53. The van der Waals surface area contributed by atoms with Crippen molar-refractivity contribution in [3.63, 3.8) is 0 Å². The van der Waals surface area contributed by atoms with E-state index in [1.807, 2.05) is 0 Å². The van der Waals surface area contributed by atoms with Gasteiger partial charge in [0.25, 0.3) is 0 Å². The van der Waals surface area contributed by atoms with Crippen LogP contribution >= 0.6 is 15.9 Å². The third kappa shape index (κ3) is 3.05. The Kier molecular flexibility index (Phi) is 4.28. The summed E-state index contributed by atoms with van der Waals surface area (Å²) in [4.78, 5) is 3.99. The molecule has 2 aromatic rings. The van der Waals surface area contributed by atoms with E-state index in [1.165, 1.54) is 6.07 Å². The molecule has 2 rings (SSSR count). The molecule has 0 saturated heterocycles. The second kappa shape index (κ2) is 5.93. The highest BCUT2D eigenvalue weighted by molar-refractivity contribution is 9.10. The predicted octanol–water partition coefficient (Wildman–Crippen LogP) is 3.09. The first-order chi connectivity index (χ1) is 8.70. The number of rotatable bonds is 4. The second-order valence-corrected chi connectivity index (χ2v) is 4.65. The van der Waals surface area contributed by atoms with Gasteiger partial charge in [0.2, 0.25) is 0 Å². The molecule has 0 radical (unpaired) electrons. The Labute approximate surface area is 113 Å². The number of aliphatic hydroxyl groups excluding tert-OH is 1. The lowest BCUT2D eigenvalue weighted by Gasteiger charge is -2.10. The van der Waals surface area contributed by atoms with E-state index in [-0.39, 0.29) is 12.4 Å². The minimum absolute atomic E-state index is 0.0437. The molecule has 1 heterocycles. The molecule has 0 atom stereocenters. The van der Waals surface area contributed by atoms with Gasteiger partial charge in [-0.05, 0) is 39.7 Å². The van der Waals surface area contributed by atoms with E-state index in [2.05, 4.69) is 26.2 Å². The second-order valence-electron chi connectivity index (χ2n) is 3.79. The summed E-state index contributed by atoms with van der Waals surface area (Å²) in [5.41, 5.74) is 2.50. The highest BCUT2D eigenvalue weighted by atomic mass is 79.9. The van der Waals surface area contributed by atoms with Crippen molar-refractivity contribution in [3.8, 4) is 0 Å². The number of aromatic nitrogens is 1. The Balaban J connectivity index is 2.09. The summed E-state index contributed by atoms with van der Waals surface area (Å²) in [5.74, 6) is -0.281. The number of hydrogen-bond acceptors (Lipinski definition) is 3. The van der Waals surface area contributed by atoms with Crippen molar-refractivity contribution in [1.82, 2.24) is 4.98 Å². The molecule has 0 fully saturated rings. The first kappa shape index (κ1) is 13.0. The van der Waals surface area contributed by atoms with Crippen LogP contribution in [0.5, 0.6) is 0 Å². The van der Waals surface area contributed by atoms with Crippen molar-refractivity contribution in [2.75, 3.05) is 5.32 Å². The molecule has 18 heavy (non-hydrogen) atoms. The molecule has 1 aromatic heterocycles. The molecule has 0 aliphatic carbocycles. The maximum absolute atomic E-state index is 13.1. The number of nitrogens with one attached hydrogen (secondary N) is 1. The van der Waals surface area contributed by atoms with Crippen LogP contribution in [0, 0.1) is 5.82 Å². The molecule has 0 spiro atoms. The first-order valence-corrected chi connectivity index (χ1v) is 6.21. The summed E-state index contributed by atoms with van der Waals surface area (Å²) in [6.45, 7) is 0.496. The average Bonchev–Trinajstić information content (AvgIpc) is 2.40. The van der Waals surface area contributed by atoms with Crippen LogP contribution in [0.4, 0.5) is 10.1 Å². The summed E-state index contributed by atoms with van der Waals surface area (Å²) in [6, 6.07) is 6.60. The Morgan fingerprint density at radius 3 is 2.89 bits per heavy atom. The van der Waals surface area contributed by atoms with Gasteiger partial charge in [0.1, 0.15) is 5.82 Å². The number of aliphatic hydroxyl groups is 1. The van der Waals surface area contributed by atoms with E-state index in [0.717, 1.165) is 16.8 Å². The lowest BCUT2D eigenvalue weighted by atomic mass is 10.2. The summed E-state index contributed by atoms with van der Waals surface area (Å²) in [7, 11) is 0. The topological polar surface area (TPSA) is 45.2 Å². The summed E-state index contributed by atoms with van der Waals surface area (Å²) < 4.78 is 13.5. The van der Waals surface area contributed by atoms with Gasteiger partial charge in [0.15, 0.2) is 0 Å². The zero-order valence-corrected chi connectivity index (χ0v) is 11.1. The van der Waals surface area contributed by atoms with E-state index in [1.54, 1.807) is 30.6 Å². The van der Waals surface area contributed by atoms with Gasteiger partial charge in [-0.3, -0.25) is 4.98 Å². The largest absolute Gasteiger partial charge is 0.392 e. The lowest BCUT2D eigenvalue weighted by molar-refractivity contribution is 0.282. The number of anilines is 1. The van der Waals surface area contributed by atoms with Crippen LogP contribution in [0.3, 0.4) is 0 Å². The van der Waals surface area contributed by atoms with E-state index in [9.17, 15) is 9.50 Å². The molecule has 1 aromatic carbocycles. The minimum Gasteiger partial charge on any atom is -0.392 e. The maximum atomic E-state index is 13.1. The average molecular weight is 311 g/mol. The van der Waals surface area contributed by atoms with Crippen LogP contribution in [0.25, 0.3) is 0 Å². The van der Waals surface area contributed by atoms with Gasteiger partial charge < -0.3 is 10.4 Å². The lowest BCUT2D eigenvalue weighted by Crippen LogP contribution is -2.03. The molecule has 0 bridgehead atoms. The number of benzene rings is 1. The van der Waals surface area contributed by atoms with Crippen molar-refractivity contribution < 1.29 is 9.50 Å². The zero-order chi connectivity index (χ0) is 13.0. The normalized spacial score (nSPS) is 10.4.